The number of benzene rings is 1. The molecule has 226 valence electrons. The molecule has 1 aliphatic heterocycles. The summed E-state index contributed by atoms with van der Waals surface area (Å²) in [6.45, 7) is 0.638. The summed E-state index contributed by atoms with van der Waals surface area (Å²) in [5.74, 6) is -0.458. The van der Waals surface area contributed by atoms with Crippen molar-refractivity contribution in [3.63, 3.8) is 0 Å². The molecule has 2 aliphatic carbocycles. The standard InChI is InChI=1S/C28H27F3N6O6/c29-27(30,31)17-7-3-6-15-16(25(38)35-8-9-43-21-11-19(21)35)10-23(34-24(15)17)33-22-12-18-20(13-32-22)37(28(40,41)42)26(39)36(18)14-4-1-2-5-14/h3,6-7,10,12-14,19,21,40-42H,1-2,4-5,8-9,11H2,(H,32,33,34). The number of hydrogen-bond acceptors (Lipinski definition) is 9. The molecule has 2 atom stereocenters. The number of ether oxygens (including phenoxy) is 1. The summed E-state index contributed by atoms with van der Waals surface area (Å²) in [4.78, 5) is 37.0. The third kappa shape index (κ3) is 4.72. The van der Waals surface area contributed by atoms with Gasteiger partial charge in [0, 0.05) is 24.0 Å². The molecule has 4 N–H and O–H groups in total. The van der Waals surface area contributed by atoms with E-state index in [4.69, 9.17) is 4.74 Å². The second-order valence-corrected chi connectivity index (χ2v) is 11.2. The highest BCUT2D eigenvalue weighted by atomic mass is 19.4. The number of aliphatic hydroxyl groups is 3. The maximum absolute atomic E-state index is 14.1. The summed E-state index contributed by atoms with van der Waals surface area (Å²) in [5.41, 5.74) is -2.09. The maximum atomic E-state index is 14.1. The van der Waals surface area contributed by atoms with Gasteiger partial charge in [0.05, 0.1) is 52.6 Å². The summed E-state index contributed by atoms with van der Waals surface area (Å²) in [7, 11) is 0. The second-order valence-electron chi connectivity index (χ2n) is 11.2. The summed E-state index contributed by atoms with van der Waals surface area (Å²) in [6.07, 6.45) is -3.49. The van der Waals surface area contributed by atoms with Gasteiger partial charge < -0.3 is 30.3 Å². The Morgan fingerprint density at radius 2 is 1.84 bits per heavy atom. The molecule has 4 aromatic rings. The van der Waals surface area contributed by atoms with Crippen LogP contribution in [0.1, 0.15) is 54.1 Å². The summed E-state index contributed by atoms with van der Waals surface area (Å²) < 4.78 is 49.5. The topological polar surface area (TPSA) is 155 Å². The predicted molar refractivity (Wildman–Crippen MR) is 145 cm³/mol. The molecular weight excluding hydrogens is 573 g/mol. The third-order valence-corrected chi connectivity index (χ3v) is 8.41. The molecule has 0 spiro atoms. The van der Waals surface area contributed by atoms with Crippen LogP contribution in [0, 0.1) is 0 Å². The van der Waals surface area contributed by atoms with Crippen molar-refractivity contribution in [2.24, 2.45) is 0 Å². The molecule has 3 fully saturated rings. The van der Waals surface area contributed by atoms with Crippen LogP contribution in [0.2, 0.25) is 0 Å². The lowest BCUT2D eigenvalue weighted by molar-refractivity contribution is -0.374. The number of amides is 1. The number of fused-ring (bicyclic) bond motifs is 3. The Balaban J connectivity index is 1.35. The van der Waals surface area contributed by atoms with Crippen LogP contribution in [-0.2, 0) is 17.0 Å². The van der Waals surface area contributed by atoms with Gasteiger partial charge in [0.2, 0.25) is 0 Å². The van der Waals surface area contributed by atoms with Gasteiger partial charge in [0.1, 0.15) is 11.6 Å². The molecule has 2 unspecified atom stereocenters. The lowest BCUT2D eigenvalue weighted by Gasteiger charge is -2.27. The number of carbonyl (C=O) groups is 1. The first-order valence-electron chi connectivity index (χ1n) is 13.9. The van der Waals surface area contributed by atoms with E-state index in [1.54, 1.807) is 4.90 Å². The molecule has 4 heterocycles. The SMILES string of the molecule is O=C(c1cc(Nc2cc3c(cn2)n(C(O)(O)O)c(=O)n3C2CCCC2)nc2c(C(F)(F)F)cccc12)N1CCOC2CC21. The van der Waals surface area contributed by atoms with Crippen molar-refractivity contribution in [2.75, 3.05) is 18.5 Å². The van der Waals surface area contributed by atoms with Gasteiger partial charge in [-0.3, -0.25) is 9.36 Å². The number of carbonyl (C=O) groups excluding carboxylic acids is 1. The zero-order valence-electron chi connectivity index (χ0n) is 22.6. The van der Waals surface area contributed by atoms with Gasteiger partial charge in [-0.05, 0) is 31.4 Å². The summed E-state index contributed by atoms with van der Waals surface area (Å²) >= 11 is 0. The molecule has 0 bridgehead atoms. The van der Waals surface area contributed by atoms with Crippen LogP contribution in [0.4, 0.5) is 24.8 Å². The number of alkyl halides is 3. The number of nitrogens with zero attached hydrogens (tertiary/aromatic N) is 5. The van der Waals surface area contributed by atoms with E-state index in [-0.39, 0.29) is 51.8 Å². The average Bonchev–Trinajstić information content (AvgIpc) is 3.43. The number of para-hydroxylation sites is 1. The van der Waals surface area contributed by atoms with E-state index in [1.165, 1.54) is 28.8 Å². The highest BCUT2D eigenvalue weighted by Gasteiger charge is 2.48. The first-order valence-corrected chi connectivity index (χ1v) is 13.9. The number of anilines is 2. The Kier molecular flexibility index (Phi) is 6.29. The highest BCUT2D eigenvalue weighted by molar-refractivity contribution is 6.08. The monoisotopic (exact) mass is 600 g/mol. The lowest BCUT2D eigenvalue weighted by atomic mass is 10.0. The van der Waals surface area contributed by atoms with Crippen LogP contribution >= 0.6 is 0 Å². The molecule has 2 saturated carbocycles. The van der Waals surface area contributed by atoms with Crippen LogP contribution < -0.4 is 11.0 Å². The lowest BCUT2D eigenvalue weighted by Crippen LogP contribution is -2.41. The first kappa shape index (κ1) is 27.8. The van der Waals surface area contributed by atoms with Crippen LogP contribution in [0.3, 0.4) is 0 Å². The van der Waals surface area contributed by atoms with Crippen LogP contribution in [0.15, 0.2) is 41.3 Å². The largest absolute Gasteiger partial charge is 0.418 e. The third-order valence-electron chi connectivity index (χ3n) is 8.41. The van der Waals surface area contributed by atoms with E-state index in [9.17, 15) is 38.1 Å². The Bertz CT molecular complexity index is 1820. The molecule has 3 aliphatic rings. The van der Waals surface area contributed by atoms with E-state index >= 15 is 0 Å². The minimum atomic E-state index is -4.74. The molecule has 43 heavy (non-hydrogen) atoms. The van der Waals surface area contributed by atoms with Gasteiger partial charge in [-0.2, -0.15) is 13.2 Å². The number of halogens is 3. The van der Waals surface area contributed by atoms with Crippen molar-refractivity contribution in [3.8, 4) is 0 Å². The van der Waals surface area contributed by atoms with E-state index in [1.807, 2.05) is 0 Å². The fourth-order valence-corrected chi connectivity index (χ4v) is 6.38. The van der Waals surface area contributed by atoms with E-state index in [2.05, 4.69) is 15.3 Å². The zero-order valence-corrected chi connectivity index (χ0v) is 22.6. The molecule has 7 rings (SSSR count). The smallest absolute Gasteiger partial charge is 0.374 e. The van der Waals surface area contributed by atoms with Crippen molar-refractivity contribution in [1.29, 1.82) is 0 Å². The number of morpholine rings is 1. The molecule has 15 heteroatoms. The van der Waals surface area contributed by atoms with Crippen LogP contribution in [0.5, 0.6) is 0 Å². The van der Waals surface area contributed by atoms with E-state index < -0.39 is 35.0 Å². The Labute approximate surface area is 240 Å². The molecule has 3 aromatic heterocycles. The highest BCUT2D eigenvalue weighted by Crippen LogP contribution is 2.39. The van der Waals surface area contributed by atoms with Crippen molar-refractivity contribution >= 4 is 39.5 Å². The summed E-state index contributed by atoms with van der Waals surface area (Å²) in [6, 6.07) is 5.95. The molecule has 1 saturated heterocycles. The van der Waals surface area contributed by atoms with Gasteiger partial charge in [-0.25, -0.2) is 19.3 Å². The molecule has 1 amide bonds. The Morgan fingerprint density at radius 3 is 2.56 bits per heavy atom. The van der Waals surface area contributed by atoms with Crippen molar-refractivity contribution in [2.45, 2.75) is 62.6 Å². The van der Waals surface area contributed by atoms with Gasteiger partial charge in [0.25, 0.3) is 5.91 Å². The minimum absolute atomic E-state index is 0.0341. The van der Waals surface area contributed by atoms with Crippen LogP contribution in [0.25, 0.3) is 21.9 Å². The number of aromatic nitrogens is 4. The average molecular weight is 601 g/mol. The zero-order chi connectivity index (χ0) is 30.3. The number of rotatable bonds is 5. The predicted octanol–water partition coefficient (Wildman–Crippen LogP) is 2.78. The van der Waals surface area contributed by atoms with E-state index in [0.717, 1.165) is 25.1 Å². The Morgan fingerprint density at radius 1 is 1.07 bits per heavy atom. The van der Waals surface area contributed by atoms with Crippen molar-refractivity contribution in [3.05, 3.63) is 58.1 Å². The minimum Gasteiger partial charge on any atom is -0.374 e. The molecule has 12 nitrogen and oxygen atoms in total. The first-order chi connectivity index (χ1) is 20.4. The number of nitrogens with one attached hydrogen (secondary N) is 1. The number of imidazole rings is 1. The molecular formula is C28H27F3N6O6. The fourth-order valence-electron chi connectivity index (χ4n) is 6.38. The second kappa shape index (κ2) is 9.74. The van der Waals surface area contributed by atoms with E-state index in [0.29, 0.717) is 37.0 Å². The quantitative estimate of drug-likeness (QED) is 0.253. The van der Waals surface area contributed by atoms with Gasteiger partial charge in [0.15, 0.2) is 0 Å². The van der Waals surface area contributed by atoms with Gasteiger partial charge in [-0.15, -0.1) is 0 Å². The van der Waals surface area contributed by atoms with Crippen molar-refractivity contribution < 1.29 is 38.0 Å². The van der Waals surface area contributed by atoms with Gasteiger partial charge in [-0.1, -0.05) is 25.0 Å². The summed E-state index contributed by atoms with van der Waals surface area (Å²) in [5, 5.41) is 32.6. The van der Waals surface area contributed by atoms with Crippen molar-refractivity contribution in [1.82, 2.24) is 24.0 Å². The normalized spacial score (nSPS) is 21.0. The maximum Gasteiger partial charge on any atom is 0.418 e. The van der Waals surface area contributed by atoms with Crippen LogP contribution in [-0.4, -0.2) is 70.5 Å². The van der Waals surface area contributed by atoms with Gasteiger partial charge >= 0.3 is 18.0 Å². The number of hydrogen-bond donors (Lipinski definition) is 4. The molecule has 0 radical (unpaired) electrons. The Hall–Kier alpha value is -4.05. The fraction of sp³-hybridized carbons (Fsp3) is 0.429. The number of pyridine rings is 2. The molecule has 1 aromatic carbocycles.